The maximum atomic E-state index is 5.38. The normalized spacial score (nSPS) is 10.8. The van der Waals surface area contributed by atoms with Crippen molar-refractivity contribution in [2.45, 2.75) is 26.9 Å². The van der Waals surface area contributed by atoms with Gasteiger partial charge >= 0.3 is 0 Å². The largest absolute Gasteiger partial charge is 0.467 e. The average molecular weight is 314 g/mol. The first-order valence-corrected chi connectivity index (χ1v) is 7.52. The van der Waals surface area contributed by atoms with E-state index in [2.05, 4.69) is 47.6 Å². The van der Waals surface area contributed by atoms with E-state index in [0.717, 1.165) is 17.3 Å². The number of H-pyrrole nitrogens is 1. The van der Waals surface area contributed by atoms with Crippen molar-refractivity contribution in [1.82, 2.24) is 14.8 Å². The van der Waals surface area contributed by atoms with Crippen LogP contribution in [0.2, 0.25) is 0 Å². The summed E-state index contributed by atoms with van der Waals surface area (Å²) >= 11 is 5.30. The fourth-order valence-corrected chi connectivity index (χ4v) is 2.61. The molecule has 3 aromatic rings. The Morgan fingerprint density at radius 2 is 2.18 bits per heavy atom. The molecule has 0 fully saturated rings. The summed E-state index contributed by atoms with van der Waals surface area (Å²) in [6, 6.07) is 10.1. The molecule has 0 bridgehead atoms. The molecule has 5 nitrogen and oxygen atoms in total. The topological polar surface area (TPSA) is 58.8 Å². The van der Waals surface area contributed by atoms with Crippen LogP contribution in [-0.2, 0) is 13.1 Å². The minimum Gasteiger partial charge on any atom is -0.467 e. The summed E-state index contributed by atoms with van der Waals surface area (Å²) < 4.78 is 7.91. The summed E-state index contributed by atoms with van der Waals surface area (Å²) in [5, 5.41) is 10.6. The first-order chi connectivity index (χ1) is 10.6. The molecule has 0 saturated heterocycles. The third-order valence-corrected chi connectivity index (χ3v) is 3.86. The number of nitrogens with zero attached hydrogens (tertiary/aromatic N) is 2. The van der Waals surface area contributed by atoms with Gasteiger partial charge in [-0.25, -0.2) is 0 Å². The lowest BCUT2D eigenvalue weighted by Gasteiger charge is -2.10. The van der Waals surface area contributed by atoms with Crippen LogP contribution in [0.15, 0.2) is 41.0 Å². The SMILES string of the molecule is Cc1ccc(NCc2n[nH]c(=S)n2Cc2ccco2)c(C)c1. The molecule has 0 aliphatic heterocycles. The van der Waals surface area contributed by atoms with Gasteiger partial charge < -0.3 is 9.73 Å². The fraction of sp³-hybridized carbons (Fsp3) is 0.250. The standard InChI is InChI=1S/C16H18N4OS/c1-11-5-6-14(12(2)8-11)17-9-15-18-19-16(22)20(15)10-13-4-3-7-21-13/h3-8,17H,9-10H2,1-2H3,(H,19,22). The molecule has 0 aliphatic carbocycles. The molecule has 0 unspecified atom stereocenters. The van der Waals surface area contributed by atoms with Crippen molar-refractivity contribution < 1.29 is 4.42 Å². The van der Waals surface area contributed by atoms with Crippen LogP contribution in [-0.4, -0.2) is 14.8 Å². The van der Waals surface area contributed by atoms with Crippen molar-refractivity contribution in [1.29, 1.82) is 0 Å². The van der Waals surface area contributed by atoms with Crippen LogP contribution in [0.3, 0.4) is 0 Å². The molecule has 0 spiro atoms. The highest BCUT2D eigenvalue weighted by Crippen LogP contribution is 2.17. The maximum Gasteiger partial charge on any atom is 0.195 e. The zero-order valence-electron chi connectivity index (χ0n) is 12.6. The molecule has 1 aromatic carbocycles. The number of aryl methyl sites for hydroxylation is 2. The molecule has 22 heavy (non-hydrogen) atoms. The average Bonchev–Trinajstić information content (AvgIpc) is 3.11. The van der Waals surface area contributed by atoms with Crippen LogP contribution in [0, 0.1) is 18.6 Å². The van der Waals surface area contributed by atoms with Crippen LogP contribution in [0.25, 0.3) is 0 Å². The molecule has 0 aliphatic rings. The number of aromatic amines is 1. The van der Waals surface area contributed by atoms with Gasteiger partial charge in [0.05, 0.1) is 19.4 Å². The lowest BCUT2D eigenvalue weighted by Crippen LogP contribution is -2.10. The molecule has 2 heterocycles. The smallest absolute Gasteiger partial charge is 0.195 e. The van der Waals surface area contributed by atoms with E-state index in [1.165, 1.54) is 11.1 Å². The monoisotopic (exact) mass is 314 g/mol. The van der Waals surface area contributed by atoms with E-state index in [-0.39, 0.29) is 0 Å². The number of aromatic nitrogens is 3. The Kier molecular flexibility index (Phi) is 4.11. The third kappa shape index (κ3) is 3.12. The van der Waals surface area contributed by atoms with Gasteiger partial charge in [-0.05, 0) is 49.8 Å². The Bertz CT molecular complexity index is 817. The number of furan rings is 1. The summed E-state index contributed by atoms with van der Waals surface area (Å²) in [5.74, 6) is 1.70. The van der Waals surface area contributed by atoms with E-state index in [9.17, 15) is 0 Å². The minimum absolute atomic E-state index is 0.576. The predicted octanol–water partition coefficient (Wildman–Crippen LogP) is 3.81. The molecule has 114 valence electrons. The van der Waals surface area contributed by atoms with Gasteiger partial charge in [0.2, 0.25) is 0 Å². The Labute approximate surface area is 134 Å². The Morgan fingerprint density at radius 3 is 2.91 bits per heavy atom. The van der Waals surface area contributed by atoms with Gasteiger partial charge in [0, 0.05) is 5.69 Å². The molecule has 3 rings (SSSR count). The minimum atomic E-state index is 0.576. The van der Waals surface area contributed by atoms with E-state index < -0.39 is 0 Å². The molecule has 6 heteroatoms. The third-order valence-electron chi connectivity index (χ3n) is 3.55. The quantitative estimate of drug-likeness (QED) is 0.703. The van der Waals surface area contributed by atoms with Gasteiger partial charge in [-0.15, -0.1) is 0 Å². The predicted molar refractivity (Wildman–Crippen MR) is 88.5 cm³/mol. The van der Waals surface area contributed by atoms with Crippen molar-refractivity contribution in [2.24, 2.45) is 0 Å². The zero-order valence-corrected chi connectivity index (χ0v) is 13.4. The molecular weight excluding hydrogens is 296 g/mol. The van der Waals surface area contributed by atoms with Crippen LogP contribution in [0.1, 0.15) is 22.7 Å². The Balaban J connectivity index is 1.77. The van der Waals surface area contributed by atoms with Crippen molar-refractivity contribution in [3.63, 3.8) is 0 Å². The van der Waals surface area contributed by atoms with E-state index >= 15 is 0 Å². The molecule has 0 saturated carbocycles. The molecule has 0 radical (unpaired) electrons. The van der Waals surface area contributed by atoms with Crippen LogP contribution in [0.4, 0.5) is 5.69 Å². The Morgan fingerprint density at radius 1 is 1.32 bits per heavy atom. The maximum absolute atomic E-state index is 5.38. The lowest BCUT2D eigenvalue weighted by molar-refractivity contribution is 0.488. The number of rotatable bonds is 5. The summed E-state index contributed by atoms with van der Waals surface area (Å²) in [6.45, 7) is 5.35. The van der Waals surface area contributed by atoms with Crippen LogP contribution in [0.5, 0.6) is 0 Å². The first kappa shape index (κ1) is 14.6. The molecule has 2 N–H and O–H groups in total. The summed E-state index contributed by atoms with van der Waals surface area (Å²) in [4.78, 5) is 0. The van der Waals surface area contributed by atoms with Gasteiger partial charge in [-0.1, -0.05) is 17.7 Å². The highest BCUT2D eigenvalue weighted by Gasteiger charge is 2.08. The second-order valence-corrected chi connectivity index (χ2v) is 5.67. The lowest BCUT2D eigenvalue weighted by atomic mass is 10.1. The van der Waals surface area contributed by atoms with Gasteiger partial charge in [0.25, 0.3) is 0 Å². The number of benzene rings is 1. The zero-order chi connectivity index (χ0) is 15.5. The highest BCUT2D eigenvalue weighted by molar-refractivity contribution is 7.71. The van der Waals surface area contributed by atoms with Gasteiger partial charge in [0.15, 0.2) is 10.6 Å². The molecule has 0 amide bonds. The van der Waals surface area contributed by atoms with Gasteiger partial charge in [-0.3, -0.25) is 9.67 Å². The number of anilines is 1. The van der Waals surface area contributed by atoms with Gasteiger partial charge in [-0.2, -0.15) is 5.10 Å². The Hall–Kier alpha value is -2.34. The van der Waals surface area contributed by atoms with E-state index in [0.29, 0.717) is 17.9 Å². The molecule has 0 atom stereocenters. The fourth-order valence-electron chi connectivity index (χ4n) is 2.39. The van der Waals surface area contributed by atoms with E-state index in [1.54, 1.807) is 6.26 Å². The van der Waals surface area contributed by atoms with Crippen molar-refractivity contribution in [3.05, 3.63) is 64.1 Å². The van der Waals surface area contributed by atoms with Crippen molar-refractivity contribution >= 4 is 17.9 Å². The van der Waals surface area contributed by atoms with E-state index in [4.69, 9.17) is 16.6 Å². The van der Waals surface area contributed by atoms with Crippen molar-refractivity contribution in [3.8, 4) is 0 Å². The molecule has 2 aromatic heterocycles. The molecular formula is C16H18N4OS. The summed E-state index contributed by atoms with van der Waals surface area (Å²) in [6.07, 6.45) is 1.66. The van der Waals surface area contributed by atoms with Crippen molar-refractivity contribution in [2.75, 3.05) is 5.32 Å². The number of hydrogen-bond donors (Lipinski definition) is 2. The highest BCUT2D eigenvalue weighted by atomic mass is 32.1. The first-order valence-electron chi connectivity index (χ1n) is 7.11. The second-order valence-electron chi connectivity index (χ2n) is 5.28. The summed E-state index contributed by atoms with van der Waals surface area (Å²) in [5.41, 5.74) is 3.57. The van der Waals surface area contributed by atoms with Crippen LogP contribution < -0.4 is 5.32 Å². The number of hydrogen-bond acceptors (Lipinski definition) is 4. The van der Waals surface area contributed by atoms with E-state index in [1.807, 2.05) is 16.7 Å². The summed E-state index contributed by atoms with van der Waals surface area (Å²) in [7, 11) is 0. The van der Waals surface area contributed by atoms with Crippen LogP contribution >= 0.6 is 12.2 Å². The number of nitrogens with one attached hydrogen (secondary N) is 2. The second kappa shape index (κ2) is 6.19. The van der Waals surface area contributed by atoms with Gasteiger partial charge in [0.1, 0.15) is 5.76 Å².